The third-order valence-corrected chi connectivity index (χ3v) is 5.09. The molecule has 0 fully saturated rings. The highest BCUT2D eigenvalue weighted by Crippen LogP contribution is 2.31. The molecule has 0 aromatic heterocycles. The van der Waals surface area contributed by atoms with Crippen LogP contribution in [0.4, 0.5) is 11.4 Å². The summed E-state index contributed by atoms with van der Waals surface area (Å²) in [5.41, 5.74) is 7.61. The highest BCUT2D eigenvalue weighted by Gasteiger charge is 2.26. The average molecular weight is 306 g/mol. The summed E-state index contributed by atoms with van der Waals surface area (Å²) >= 11 is 0. The first-order chi connectivity index (χ1) is 9.87. The molecule has 0 atom stereocenters. The van der Waals surface area contributed by atoms with E-state index in [1.54, 1.807) is 18.2 Å². The third kappa shape index (κ3) is 2.80. The van der Waals surface area contributed by atoms with Crippen molar-refractivity contribution in [1.82, 2.24) is 0 Å². The Labute approximate surface area is 125 Å². The van der Waals surface area contributed by atoms with Crippen LogP contribution in [0.2, 0.25) is 0 Å². The number of aryl methyl sites for hydroxylation is 1. The van der Waals surface area contributed by atoms with E-state index in [-0.39, 0.29) is 10.6 Å². The first-order valence-electron chi connectivity index (χ1n) is 6.36. The molecule has 2 aromatic rings. The lowest BCUT2D eigenvalue weighted by atomic mass is 10.2. The van der Waals surface area contributed by atoms with Gasteiger partial charge in [-0.25, -0.2) is 8.42 Å². The Balaban J connectivity index is 2.55. The normalized spacial score (nSPS) is 11.2. The van der Waals surface area contributed by atoms with E-state index in [0.717, 1.165) is 5.56 Å². The summed E-state index contributed by atoms with van der Waals surface area (Å²) in [7, 11) is -0.782. The molecule has 0 aliphatic rings. The number of nitrogens with two attached hydrogens (primary N) is 1. The minimum absolute atomic E-state index is 0.0879. The number of methoxy groups -OCH3 is 1. The predicted octanol–water partition coefficient (Wildman–Crippen LogP) is 2.41. The Morgan fingerprint density at radius 3 is 2.43 bits per heavy atom. The molecule has 2 aromatic carbocycles. The van der Waals surface area contributed by atoms with Gasteiger partial charge >= 0.3 is 0 Å². The van der Waals surface area contributed by atoms with E-state index in [1.807, 2.05) is 19.1 Å². The quantitative estimate of drug-likeness (QED) is 0.880. The smallest absolute Gasteiger partial charge is 0.267 e. The van der Waals surface area contributed by atoms with Gasteiger partial charge in [0.1, 0.15) is 10.6 Å². The van der Waals surface area contributed by atoms with Gasteiger partial charge in [-0.15, -0.1) is 0 Å². The van der Waals surface area contributed by atoms with Gasteiger partial charge in [-0.3, -0.25) is 4.31 Å². The second-order valence-electron chi connectivity index (χ2n) is 4.67. The molecule has 2 rings (SSSR count). The number of para-hydroxylation sites is 1. The number of hydrogen-bond donors (Lipinski definition) is 1. The van der Waals surface area contributed by atoms with Gasteiger partial charge in [0, 0.05) is 18.8 Å². The van der Waals surface area contributed by atoms with Crippen LogP contribution in [0, 0.1) is 6.92 Å². The number of nitrogen functional groups attached to an aromatic ring is 1. The van der Waals surface area contributed by atoms with E-state index in [4.69, 9.17) is 10.5 Å². The van der Waals surface area contributed by atoms with Crippen LogP contribution in [0.3, 0.4) is 0 Å². The van der Waals surface area contributed by atoms with E-state index in [0.29, 0.717) is 11.4 Å². The zero-order valence-corrected chi connectivity index (χ0v) is 13.0. The maximum atomic E-state index is 12.8. The SMILES string of the molecule is COc1cc(N)ccc1S(=O)(=O)N(C)c1ccccc1C. The third-order valence-electron chi connectivity index (χ3n) is 3.28. The van der Waals surface area contributed by atoms with Gasteiger partial charge in [0.2, 0.25) is 0 Å². The Morgan fingerprint density at radius 2 is 1.81 bits per heavy atom. The van der Waals surface area contributed by atoms with Crippen molar-refractivity contribution in [3.05, 3.63) is 48.0 Å². The van der Waals surface area contributed by atoms with Crippen molar-refractivity contribution in [2.24, 2.45) is 0 Å². The molecular formula is C15H18N2O3S. The molecule has 0 aliphatic carbocycles. The van der Waals surface area contributed by atoms with Crippen LogP contribution in [0.5, 0.6) is 5.75 Å². The summed E-state index contributed by atoms with van der Waals surface area (Å²) in [5.74, 6) is 0.232. The van der Waals surface area contributed by atoms with Crippen LogP contribution in [0.1, 0.15) is 5.56 Å². The Kier molecular flexibility index (Phi) is 4.09. The van der Waals surface area contributed by atoms with Gasteiger partial charge < -0.3 is 10.5 Å². The van der Waals surface area contributed by atoms with E-state index in [9.17, 15) is 8.42 Å². The zero-order valence-electron chi connectivity index (χ0n) is 12.2. The Hall–Kier alpha value is -2.21. The van der Waals surface area contributed by atoms with Crippen LogP contribution >= 0.6 is 0 Å². The monoisotopic (exact) mass is 306 g/mol. The molecule has 5 nitrogen and oxygen atoms in total. The molecule has 21 heavy (non-hydrogen) atoms. The molecule has 2 N–H and O–H groups in total. The Morgan fingerprint density at radius 1 is 1.14 bits per heavy atom. The molecular weight excluding hydrogens is 288 g/mol. The largest absolute Gasteiger partial charge is 0.495 e. The zero-order chi connectivity index (χ0) is 15.6. The average Bonchev–Trinajstić information content (AvgIpc) is 2.46. The molecule has 0 aliphatic heterocycles. The van der Waals surface area contributed by atoms with Crippen molar-refractivity contribution in [1.29, 1.82) is 0 Å². The van der Waals surface area contributed by atoms with Crippen molar-refractivity contribution in [3.8, 4) is 5.75 Å². The summed E-state index contributed by atoms with van der Waals surface area (Å²) in [4.78, 5) is 0.0879. The minimum atomic E-state index is -3.72. The van der Waals surface area contributed by atoms with E-state index >= 15 is 0 Å². The second-order valence-corrected chi connectivity index (χ2v) is 6.61. The van der Waals surface area contributed by atoms with Crippen LogP contribution < -0.4 is 14.8 Å². The summed E-state index contributed by atoms with van der Waals surface area (Å²) < 4.78 is 32.0. The highest BCUT2D eigenvalue weighted by molar-refractivity contribution is 7.93. The van der Waals surface area contributed by atoms with Gasteiger partial charge in [0.15, 0.2) is 0 Å². The molecule has 0 heterocycles. The van der Waals surface area contributed by atoms with E-state index < -0.39 is 10.0 Å². The summed E-state index contributed by atoms with van der Waals surface area (Å²) in [5, 5.41) is 0. The molecule has 0 bridgehead atoms. The van der Waals surface area contributed by atoms with E-state index in [1.165, 1.54) is 30.6 Å². The summed E-state index contributed by atoms with van der Waals surface area (Å²) in [6.07, 6.45) is 0. The number of benzene rings is 2. The van der Waals surface area contributed by atoms with Gasteiger partial charge in [0.25, 0.3) is 10.0 Å². The first kappa shape index (κ1) is 15.2. The van der Waals surface area contributed by atoms with Crippen LogP contribution in [-0.2, 0) is 10.0 Å². The minimum Gasteiger partial charge on any atom is -0.495 e. The van der Waals surface area contributed by atoms with Crippen LogP contribution in [0.15, 0.2) is 47.4 Å². The second kappa shape index (κ2) is 5.65. The fourth-order valence-corrected chi connectivity index (χ4v) is 3.49. The molecule has 0 unspecified atom stereocenters. The fourth-order valence-electron chi connectivity index (χ4n) is 2.09. The maximum Gasteiger partial charge on any atom is 0.267 e. The molecule has 0 radical (unpaired) electrons. The van der Waals surface area contributed by atoms with Crippen molar-refractivity contribution in [2.75, 3.05) is 24.2 Å². The van der Waals surface area contributed by atoms with Crippen LogP contribution in [-0.4, -0.2) is 22.6 Å². The van der Waals surface area contributed by atoms with Gasteiger partial charge in [-0.2, -0.15) is 0 Å². The maximum absolute atomic E-state index is 12.8. The van der Waals surface area contributed by atoms with Crippen molar-refractivity contribution in [2.45, 2.75) is 11.8 Å². The van der Waals surface area contributed by atoms with Gasteiger partial charge in [-0.1, -0.05) is 18.2 Å². The summed E-state index contributed by atoms with van der Waals surface area (Å²) in [6.45, 7) is 1.86. The molecule has 0 amide bonds. The Bertz CT molecular complexity index is 757. The van der Waals surface area contributed by atoms with Crippen molar-refractivity contribution >= 4 is 21.4 Å². The molecule has 6 heteroatoms. The predicted molar refractivity (Wildman–Crippen MR) is 84.2 cm³/mol. The van der Waals surface area contributed by atoms with E-state index in [2.05, 4.69) is 0 Å². The lowest BCUT2D eigenvalue weighted by molar-refractivity contribution is 0.403. The lowest BCUT2D eigenvalue weighted by Crippen LogP contribution is -2.27. The number of ether oxygens (including phenoxy) is 1. The first-order valence-corrected chi connectivity index (χ1v) is 7.80. The van der Waals surface area contributed by atoms with Crippen LogP contribution in [0.25, 0.3) is 0 Å². The summed E-state index contributed by atoms with van der Waals surface area (Å²) in [6, 6.07) is 11.8. The fraction of sp³-hybridized carbons (Fsp3) is 0.200. The van der Waals surface area contributed by atoms with Crippen molar-refractivity contribution < 1.29 is 13.2 Å². The van der Waals surface area contributed by atoms with Gasteiger partial charge in [-0.05, 0) is 30.7 Å². The lowest BCUT2D eigenvalue weighted by Gasteiger charge is -2.22. The highest BCUT2D eigenvalue weighted by atomic mass is 32.2. The number of hydrogen-bond acceptors (Lipinski definition) is 4. The number of rotatable bonds is 4. The standard InChI is InChI=1S/C15H18N2O3S/c1-11-6-4-5-7-13(11)17(2)21(18,19)15-9-8-12(16)10-14(15)20-3/h4-10H,16H2,1-3H3. The topological polar surface area (TPSA) is 72.6 Å². The van der Waals surface area contributed by atoms with Crippen molar-refractivity contribution in [3.63, 3.8) is 0 Å². The molecule has 0 saturated heterocycles. The molecule has 0 spiro atoms. The molecule has 0 saturated carbocycles. The number of anilines is 2. The number of nitrogens with zero attached hydrogens (tertiary/aromatic N) is 1. The number of sulfonamides is 1. The molecule has 112 valence electrons. The van der Waals surface area contributed by atoms with Gasteiger partial charge in [0.05, 0.1) is 12.8 Å².